The summed E-state index contributed by atoms with van der Waals surface area (Å²) in [6.45, 7) is 1.64. The number of aliphatic imine (C=N–C) groups is 1. The van der Waals surface area contributed by atoms with Gasteiger partial charge >= 0.3 is 0 Å². The van der Waals surface area contributed by atoms with Gasteiger partial charge in [-0.05, 0) is 30.3 Å². The number of para-hydroxylation sites is 1. The molecule has 2 aromatic heterocycles. The highest BCUT2D eigenvalue weighted by molar-refractivity contribution is 6.05. The number of anilines is 1. The first kappa shape index (κ1) is 17.1. The van der Waals surface area contributed by atoms with Crippen LogP contribution in [0.1, 0.15) is 16.1 Å². The molecular formula is C19H16ClN5O2. The number of imidazole rings is 1. The maximum Gasteiger partial charge on any atom is 0.293 e. The largest absolute Gasteiger partial charge is 0.451 e. The Bertz CT molecular complexity index is 1140. The number of hydrogen-bond acceptors (Lipinski definition) is 5. The van der Waals surface area contributed by atoms with Crippen molar-refractivity contribution in [1.29, 1.82) is 0 Å². The van der Waals surface area contributed by atoms with Crippen molar-refractivity contribution in [3.63, 3.8) is 0 Å². The Morgan fingerprint density at radius 2 is 2.04 bits per heavy atom. The van der Waals surface area contributed by atoms with Gasteiger partial charge in [0.05, 0.1) is 17.6 Å². The smallest absolute Gasteiger partial charge is 0.293 e. The molecule has 0 bridgehead atoms. The number of aromatic nitrogens is 2. The highest BCUT2D eigenvalue weighted by Gasteiger charge is 2.15. The van der Waals surface area contributed by atoms with Crippen molar-refractivity contribution in [3.8, 4) is 0 Å². The zero-order valence-electron chi connectivity index (χ0n) is 14.2. The lowest BCUT2D eigenvalue weighted by atomic mass is 10.2. The fourth-order valence-electron chi connectivity index (χ4n) is 3.07. The molecule has 3 N–H and O–H groups in total. The molecule has 1 aliphatic heterocycles. The summed E-state index contributed by atoms with van der Waals surface area (Å²) in [5, 5.41) is 6.88. The standard InChI is InChI=1S/C19H15N5O2.ClH/c25-18(16-10-11-3-1-2-4-15(11)26-16)24-19-22-13-6-5-12(9-14(13)23-19)17-20-7-8-21-17;/h1-6,9-10H,7-8H2,(H,20,21)(H2,22,23,24,25);1H. The molecule has 2 aromatic carbocycles. The molecule has 0 fully saturated rings. The van der Waals surface area contributed by atoms with E-state index in [-0.39, 0.29) is 24.1 Å². The molecule has 5 rings (SSSR count). The average Bonchev–Trinajstić information content (AvgIpc) is 3.38. The van der Waals surface area contributed by atoms with Crippen molar-refractivity contribution < 1.29 is 9.21 Å². The van der Waals surface area contributed by atoms with Crippen molar-refractivity contribution in [2.24, 2.45) is 4.99 Å². The van der Waals surface area contributed by atoms with Crippen LogP contribution in [0.2, 0.25) is 0 Å². The lowest BCUT2D eigenvalue weighted by Crippen LogP contribution is -2.19. The number of halogens is 1. The molecule has 3 heterocycles. The number of H-pyrrole nitrogens is 1. The van der Waals surface area contributed by atoms with Crippen molar-refractivity contribution >= 4 is 52.1 Å². The van der Waals surface area contributed by atoms with E-state index in [1.165, 1.54) is 0 Å². The van der Waals surface area contributed by atoms with Crippen molar-refractivity contribution in [2.75, 3.05) is 18.4 Å². The molecule has 27 heavy (non-hydrogen) atoms. The third-order valence-electron chi connectivity index (χ3n) is 4.31. The van der Waals surface area contributed by atoms with E-state index in [1.54, 1.807) is 6.07 Å². The fraction of sp³-hybridized carbons (Fsp3) is 0.105. The Labute approximate surface area is 160 Å². The van der Waals surface area contributed by atoms with Gasteiger partial charge in [-0.1, -0.05) is 18.2 Å². The second-order valence-corrected chi connectivity index (χ2v) is 6.08. The Hall–Kier alpha value is -3.32. The van der Waals surface area contributed by atoms with E-state index in [2.05, 4.69) is 25.6 Å². The van der Waals surface area contributed by atoms with E-state index in [4.69, 9.17) is 4.42 Å². The number of fused-ring (bicyclic) bond motifs is 2. The van der Waals surface area contributed by atoms with E-state index >= 15 is 0 Å². The van der Waals surface area contributed by atoms with Gasteiger partial charge in [-0.3, -0.25) is 15.1 Å². The quantitative estimate of drug-likeness (QED) is 0.507. The molecule has 0 aliphatic carbocycles. The molecule has 1 amide bonds. The van der Waals surface area contributed by atoms with Gasteiger partial charge in [0, 0.05) is 17.5 Å². The predicted molar refractivity (Wildman–Crippen MR) is 107 cm³/mol. The number of aromatic amines is 1. The van der Waals surface area contributed by atoms with Crippen LogP contribution in [0.15, 0.2) is 57.9 Å². The van der Waals surface area contributed by atoms with Crippen molar-refractivity contribution in [1.82, 2.24) is 15.3 Å². The lowest BCUT2D eigenvalue weighted by molar-refractivity contribution is 0.0998. The summed E-state index contributed by atoms with van der Waals surface area (Å²) in [6, 6.07) is 15.1. The van der Waals surface area contributed by atoms with E-state index in [0.717, 1.165) is 40.9 Å². The normalized spacial score (nSPS) is 13.3. The summed E-state index contributed by atoms with van der Waals surface area (Å²) < 4.78 is 5.59. The first-order valence-electron chi connectivity index (χ1n) is 8.35. The highest BCUT2D eigenvalue weighted by atomic mass is 35.5. The van der Waals surface area contributed by atoms with Crippen LogP contribution in [0.25, 0.3) is 22.0 Å². The Morgan fingerprint density at radius 3 is 2.85 bits per heavy atom. The molecule has 8 heteroatoms. The monoisotopic (exact) mass is 381 g/mol. The van der Waals surface area contributed by atoms with Crippen LogP contribution in [0, 0.1) is 0 Å². The number of nitrogens with one attached hydrogen (secondary N) is 3. The Balaban J connectivity index is 0.00000180. The highest BCUT2D eigenvalue weighted by Crippen LogP contribution is 2.21. The van der Waals surface area contributed by atoms with E-state index in [0.29, 0.717) is 11.5 Å². The Kier molecular flexibility index (Phi) is 4.29. The van der Waals surface area contributed by atoms with Gasteiger partial charge in [-0.2, -0.15) is 0 Å². The number of nitrogens with zero attached hydrogens (tertiary/aromatic N) is 2. The molecule has 0 unspecified atom stereocenters. The number of amidine groups is 1. The second kappa shape index (κ2) is 6.77. The van der Waals surface area contributed by atoms with Crippen LogP contribution in [0.5, 0.6) is 0 Å². The molecule has 0 saturated carbocycles. The van der Waals surface area contributed by atoms with Crippen LogP contribution < -0.4 is 10.6 Å². The topological polar surface area (TPSA) is 95.3 Å². The predicted octanol–water partition coefficient (Wildman–Crippen LogP) is 3.33. The minimum absolute atomic E-state index is 0. The summed E-state index contributed by atoms with van der Waals surface area (Å²) in [7, 11) is 0. The van der Waals surface area contributed by atoms with Gasteiger partial charge in [0.2, 0.25) is 5.95 Å². The van der Waals surface area contributed by atoms with E-state index in [1.807, 2.05) is 42.5 Å². The molecule has 4 aromatic rings. The molecule has 0 saturated heterocycles. The summed E-state index contributed by atoms with van der Waals surface area (Å²) >= 11 is 0. The molecule has 136 valence electrons. The van der Waals surface area contributed by atoms with Crippen LogP contribution >= 0.6 is 12.4 Å². The molecule has 0 radical (unpaired) electrons. The molecule has 1 aliphatic rings. The summed E-state index contributed by atoms with van der Waals surface area (Å²) in [5.41, 5.74) is 3.27. The summed E-state index contributed by atoms with van der Waals surface area (Å²) in [6.07, 6.45) is 0. The van der Waals surface area contributed by atoms with Gasteiger partial charge in [0.15, 0.2) is 5.76 Å². The van der Waals surface area contributed by atoms with Crippen LogP contribution in [0.3, 0.4) is 0 Å². The first-order valence-corrected chi connectivity index (χ1v) is 8.35. The maximum absolute atomic E-state index is 12.4. The molecule has 7 nitrogen and oxygen atoms in total. The zero-order chi connectivity index (χ0) is 17.5. The molecular weight excluding hydrogens is 366 g/mol. The lowest BCUT2D eigenvalue weighted by Gasteiger charge is -2.01. The summed E-state index contributed by atoms with van der Waals surface area (Å²) in [4.78, 5) is 24.4. The van der Waals surface area contributed by atoms with Gasteiger partial charge in [0.1, 0.15) is 11.4 Å². The Morgan fingerprint density at radius 1 is 1.15 bits per heavy atom. The van der Waals surface area contributed by atoms with Crippen molar-refractivity contribution in [2.45, 2.75) is 0 Å². The van der Waals surface area contributed by atoms with Gasteiger partial charge in [0.25, 0.3) is 5.91 Å². The van der Waals surface area contributed by atoms with Gasteiger partial charge < -0.3 is 14.7 Å². The zero-order valence-corrected chi connectivity index (χ0v) is 15.0. The number of furan rings is 1. The van der Waals surface area contributed by atoms with Crippen LogP contribution in [-0.4, -0.2) is 34.8 Å². The number of hydrogen-bond donors (Lipinski definition) is 3. The molecule has 0 spiro atoms. The number of rotatable bonds is 3. The maximum atomic E-state index is 12.4. The van der Waals surface area contributed by atoms with Crippen LogP contribution in [-0.2, 0) is 0 Å². The minimum atomic E-state index is -0.345. The SMILES string of the molecule is Cl.O=C(Nc1nc2ccc(C3=NCCN3)cc2[nH]1)c1cc2ccccc2o1. The van der Waals surface area contributed by atoms with Gasteiger partial charge in [-0.25, -0.2) is 4.98 Å². The number of carbonyl (C=O) groups excluding carboxylic acids is 1. The number of benzene rings is 2. The first-order chi connectivity index (χ1) is 12.8. The summed E-state index contributed by atoms with van der Waals surface area (Å²) in [5.74, 6) is 1.16. The number of carbonyl (C=O) groups is 1. The number of amides is 1. The van der Waals surface area contributed by atoms with Crippen molar-refractivity contribution in [3.05, 3.63) is 59.9 Å². The van der Waals surface area contributed by atoms with E-state index < -0.39 is 0 Å². The third kappa shape index (κ3) is 3.13. The fourth-order valence-corrected chi connectivity index (χ4v) is 3.07. The van der Waals surface area contributed by atoms with Gasteiger partial charge in [-0.15, -0.1) is 12.4 Å². The molecule has 0 atom stereocenters. The van der Waals surface area contributed by atoms with E-state index in [9.17, 15) is 4.79 Å². The van der Waals surface area contributed by atoms with Crippen LogP contribution in [0.4, 0.5) is 5.95 Å². The average molecular weight is 382 g/mol. The minimum Gasteiger partial charge on any atom is -0.451 e. The third-order valence-corrected chi connectivity index (χ3v) is 4.31. The second-order valence-electron chi connectivity index (χ2n) is 6.08.